The summed E-state index contributed by atoms with van der Waals surface area (Å²) in [5, 5.41) is 4.52. The molecule has 3 nitrogen and oxygen atoms in total. The van der Waals surface area contributed by atoms with Crippen LogP contribution in [-0.4, -0.2) is 18.1 Å². The Balaban J connectivity index is 2.78. The lowest BCUT2D eigenvalue weighted by Crippen LogP contribution is -2.21. The van der Waals surface area contributed by atoms with Gasteiger partial charge < -0.3 is 10.1 Å². The van der Waals surface area contributed by atoms with Gasteiger partial charge in [0.1, 0.15) is 11.1 Å². The van der Waals surface area contributed by atoms with Gasteiger partial charge in [0, 0.05) is 24.6 Å². The number of aryl methyl sites for hydroxylation is 1. The van der Waals surface area contributed by atoms with E-state index in [1.54, 1.807) is 18.4 Å². The monoisotopic (exact) mass is 242 g/mol. The standard InChI is InChI=1S/C12H22N2OS/c1-6-10-11(7-13-8(2)3)16-12(14-10)9(4)15-5/h8-9,13H,6-7H2,1-5H3. The minimum absolute atomic E-state index is 0.100. The Kier molecular flexibility index (Phi) is 5.38. The zero-order chi connectivity index (χ0) is 12.1. The molecule has 0 aromatic carbocycles. The summed E-state index contributed by atoms with van der Waals surface area (Å²) >= 11 is 1.76. The van der Waals surface area contributed by atoms with E-state index in [0.29, 0.717) is 6.04 Å². The lowest BCUT2D eigenvalue weighted by molar-refractivity contribution is 0.119. The number of hydrogen-bond acceptors (Lipinski definition) is 4. The van der Waals surface area contributed by atoms with Crippen molar-refractivity contribution in [2.24, 2.45) is 0 Å². The Hall–Kier alpha value is -0.450. The highest BCUT2D eigenvalue weighted by Gasteiger charge is 2.14. The third kappa shape index (κ3) is 3.54. The van der Waals surface area contributed by atoms with Crippen LogP contribution in [0.25, 0.3) is 0 Å². The Morgan fingerprint density at radius 2 is 2.06 bits per heavy atom. The van der Waals surface area contributed by atoms with Gasteiger partial charge in [-0.15, -0.1) is 11.3 Å². The van der Waals surface area contributed by atoms with Crippen LogP contribution in [0.15, 0.2) is 0 Å². The molecule has 0 aliphatic carbocycles. The van der Waals surface area contributed by atoms with Gasteiger partial charge in [-0.3, -0.25) is 0 Å². The molecule has 1 aromatic heterocycles. The van der Waals surface area contributed by atoms with Gasteiger partial charge in [0.15, 0.2) is 0 Å². The normalized spacial score (nSPS) is 13.4. The molecule has 1 aromatic rings. The van der Waals surface area contributed by atoms with Crippen molar-refractivity contribution in [3.8, 4) is 0 Å². The van der Waals surface area contributed by atoms with Gasteiger partial charge in [-0.2, -0.15) is 0 Å². The summed E-state index contributed by atoms with van der Waals surface area (Å²) in [7, 11) is 1.73. The molecular formula is C12H22N2OS. The molecule has 1 N–H and O–H groups in total. The van der Waals surface area contributed by atoms with Crippen LogP contribution >= 0.6 is 11.3 Å². The van der Waals surface area contributed by atoms with Crippen LogP contribution in [0.1, 0.15) is 49.4 Å². The van der Waals surface area contributed by atoms with Gasteiger partial charge in [-0.25, -0.2) is 4.98 Å². The molecule has 16 heavy (non-hydrogen) atoms. The van der Waals surface area contributed by atoms with E-state index < -0.39 is 0 Å². The van der Waals surface area contributed by atoms with Crippen molar-refractivity contribution < 1.29 is 4.74 Å². The Labute approximate surface area is 102 Å². The lowest BCUT2D eigenvalue weighted by atomic mass is 10.3. The number of ether oxygens (including phenoxy) is 1. The number of aromatic nitrogens is 1. The van der Waals surface area contributed by atoms with Gasteiger partial charge in [0.25, 0.3) is 0 Å². The molecule has 0 spiro atoms. The van der Waals surface area contributed by atoms with Crippen LogP contribution in [0.5, 0.6) is 0 Å². The predicted octanol–water partition coefficient (Wildman–Crippen LogP) is 2.91. The van der Waals surface area contributed by atoms with Gasteiger partial charge in [0.2, 0.25) is 0 Å². The fraction of sp³-hybridized carbons (Fsp3) is 0.750. The van der Waals surface area contributed by atoms with Crippen molar-refractivity contribution in [3.05, 3.63) is 15.6 Å². The molecule has 1 atom stereocenters. The minimum atomic E-state index is 0.100. The molecule has 0 radical (unpaired) electrons. The zero-order valence-electron chi connectivity index (χ0n) is 10.8. The van der Waals surface area contributed by atoms with Crippen LogP contribution in [0.2, 0.25) is 0 Å². The third-order valence-electron chi connectivity index (χ3n) is 2.50. The molecule has 0 aliphatic rings. The summed E-state index contributed by atoms with van der Waals surface area (Å²) in [6, 6.07) is 0.509. The number of nitrogens with one attached hydrogen (secondary N) is 1. The summed E-state index contributed by atoms with van der Waals surface area (Å²) in [5.74, 6) is 0. The van der Waals surface area contributed by atoms with Crippen molar-refractivity contribution in [3.63, 3.8) is 0 Å². The van der Waals surface area contributed by atoms with Gasteiger partial charge in [0.05, 0.1) is 5.69 Å². The lowest BCUT2D eigenvalue weighted by Gasteiger charge is -2.06. The maximum atomic E-state index is 5.30. The molecular weight excluding hydrogens is 220 g/mol. The summed E-state index contributed by atoms with van der Waals surface area (Å²) in [4.78, 5) is 5.97. The molecule has 0 saturated carbocycles. The molecule has 0 aliphatic heterocycles. The fourth-order valence-corrected chi connectivity index (χ4v) is 2.52. The molecule has 0 saturated heterocycles. The fourth-order valence-electron chi connectivity index (χ4n) is 1.39. The molecule has 0 bridgehead atoms. The van der Waals surface area contributed by atoms with E-state index in [4.69, 9.17) is 4.74 Å². The van der Waals surface area contributed by atoms with E-state index in [1.807, 2.05) is 6.92 Å². The largest absolute Gasteiger partial charge is 0.375 e. The topological polar surface area (TPSA) is 34.1 Å². The molecule has 4 heteroatoms. The maximum Gasteiger partial charge on any atom is 0.122 e. The third-order valence-corrected chi connectivity index (χ3v) is 3.76. The Bertz CT molecular complexity index is 323. The van der Waals surface area contributed by atoms with E-state index in [1.165, 1.54) is 10.6 Å². The van der Waals surface area contributed by atoms with E-state index in [2.05, 4.69) is 31.1 Å². The summed E-state index contributed by atoms with van der Waals surface area (Å²) < 4.78 is 5.30. The highest BCUT2D eigenvalue weighted by Crippen LogP contribution is 2.26. The average Bonchev–Trinajstić information content (AvgIpc) is 2.68. The quantitative estimate of drug-likeness (QED) is 0.833. The van der Waals surface area contributed by atoms with Crippen molar-refractivity contribution in [1.82, 2.24) is 10.3 Å². The first-order valence-electron chi connectivity index (χ1n) is 5.83. The molecule has 0 amide bonds. The highest BCUT2D eigenvalue weighted by atomic mass is 32.1. The molecule has 1 unspecified atom stereocenters. The van der Waals surface area contributed by atoms with Crippen molar-refractivity contribution in [2.45, 2.75) is 52.8 Å². The average molecular weight is 242 g/mol. The van der Waals surface area contributed by atoms with Crippen LogP contribution in [0.4, 0.5) is 0 Å². The van der Waals surface area contributed by atoms with Crippen molar-refractivity contribution >= 4 is 11.3 Å². The zero-order valence-corrected chi connectivity index (χ0v) is 11.6. The van der Waals surface area contributed by atoms with E-state index in [0.717, 1.165) is 18.0 Å². The number of rotatable bonds is 6. The second kappa shape index (κ2) is 6.33. The second-order valence-electron chi connectivity index (χ2n) is 4.19. The van der Waals surface area contributed by atoms with Crippen LogP contribution in [0.3, 0.4) is 0 Å². The van der Waals surface area contributed by atoms with Crippen molar-refractivity contribution in [2.75, 3.05) is 7.11 Å². The first-order chi connectivity index (χ1) is 7.58. The molecule has 1 rings (SSSR count). The van der Waals surface area contributed by atoms with Gasteiger partial charge in [-0.05, 0) is 13.3 Å². The van der Waals surface area contributed by atoms with Crippen LogP contribution < -0.4 is 5.32 Å². The Morgan fingerprint density at radius 3 is 2.56 bits per heavy atom. The first kappa shape index (κ1) is 13.6. The van der Waals surface area contributed by atoms with Gasteiger partial charge >= 0.3 is 0 Å². The van der Waals surface area contributed by atoms with Crippen LogP contribution in [0, 0.1) is 0 Å². The first-order valence-corrected chi connectivity index (χ1v) is 6.64. The molecule has 0 fully saturated rings. The number of thiazole rings is 1. The molecule has 1 heterocycles. The van der Waals surface area contributed by atoms with Gasteiger partial charge in [-0.1, -0.05) is 20.8 Å². The number of methoxy groups -OCH3 is 1. The van der Waals surface area contributed by atoms with E-state index in [9.17, 15) is 0 Å². The smallest absolute Gasteiger partial charge is 0.122 e. The van der Waals surface area contributed by atoms with Crippen molar-refractivity contribution in [1.29, 1.82) is 0 Å². The summed E-state index contributed by atoms with van der Waals surface area (Å²) in [5.41, 5.74) is 1.21. The number of hydrogen-bond donors (Lipinski definition) is 1. The second-order valence-corrected chi connectivity index (χ2v) is 5.30. The molecule has 92 valence electrons. The summed E-state index contributed by atoms with van der Waals surface area (Å²) in [6.45, 7) is 9.42. The van der Waals surface area contributed by atoms with E-state index in [-0.39, 0.29) is 6.10 Å². The summed E-state index contributed by atoms with van der Waals surface area (Å²) in [6.07, 6.45) is 1.09. The van der Waals surface area contributed by atoms with Crippen LogP contribution in [-0.2, 0) is 17.7 Å². The highest BCUT2D eigenvalue weighted by molar-refractivity contribution is 7.11. The predicted molar refractivity (Wildman–Crippen MR) is 68.9 cm³/mol. The van der Waals surface area contributed by atoms with E-state index >= 15 is 0 Å². The number of nitrogens with zero attached hydrogens (tertiary/aromatic N) is 1. The Morgan fingerprint density at radius 1 is 1.38 bits per heavy atom. The minimum Gasteiger partial charge on any atom is -0.375 e. The maximum absolute atomic E-state index is 5.30. The SMILES string of the molecule is CCc1nc(C(C)OC)sc1CNC(C)C.